The molecule has 0 unspecified atom stereocenters. The van der Waals surface area contributed by atoms with Gasteiger partial charge in [0.1, 0.15) is 0 Å². The van der Waals surface area contributed by atoms with E-state index < -0.39 is 0 Å². The van der Waals surface area contributed by atoms with Crippen LogP contribution < -0.4 is 0 Å². The van der Waals surface area contributed by atoms with Crippen molar-refractivity contribution in [2.75, 3.05) is 0 Å². The molecule has 0 spiro atoms. The summed E-state index contributed by atoms with van der Waals surface area (Å²) < 4.78 is 0. The van der Waals surface area contributed by atoms with Crippen molar-refractivity contribution in [3.05, 3.63) is 82.4 Å². The van der Waals surface area contributed by atoms with E-state index in [4.69, 9.17) is 11.6 Å². The van der Waals surface area contributed by atoms with Crippen LogP contribution in [0.15, 0.2) is 60.7 Å². The fourth-order valence-corrected chi connectivity index (χ4v) is 2.58. The first-order chi connectivity index (χ1) is 9.66. The minimum absolute atomic E-state index is 0.0319. The summed E-state index contributed by atoms with van der Waals surface area (Å²) in [5.74, 6) is -0.0319. The van der Waals surface area contributed by atoms with Gasteiger partial charge >= 0.3 is 0 Å². The quantitative estimate of drug-likeness (QED) is 0.602. The number of aryl methyl sites for hydroxylation is 1. The van der Waals surface area contributed by atoms with E-state index in [1.165, 1.54) is 0 Å². The van der Waals surface area contributed by atoms with Gasteiger partial charge in [0, 0.05) is 11.1 Å². The molecular weight excluding hydrogens is 268 g/mol. The summed E-state index contributed by atoms with van der Waals surface area (Å²) in [5, 5.41) is 2.51. The molecule has 0 aliphatic carbocycles. The lowest BCUT2D eigenvalue weighted by Gasteiger charge is -2.08. The largest absolute Gasteiger partial charge is 0.289 e. The lowest BCUT2D eigenvalue weighted by molar-refractivity contribution is 0.104. The Bertz CT molecular complexity index is 800. The lowest BCUT2D eigenvalue weighted by atomic mass is 9.96. The Morgan fingerprint density at radius 3 is 2.50 bits per heavy atom. The maximum absolute atomic E-state index is 12.7. The summed E-state index contributed by atoms with van der Waals surface area (Å²) in [6, 6.07) is 19.2. The molecule has 0 atom stereocenters. The maximum atomic E-state index is 12.7. The third-order valence-electron chi connectivity index (χ3n) is 3.40. The Morgan fingerprint density at radius 1 is 0.900 bits per heavy atom. The number of carbonyl (C=O) groups excluding carboxylic acids is 1. The number of rotatable bonds is 2. The summed E-state index contributed by atoms with van der Waals surface area (Å²) >= 11 is 6.17. The Labute approximate surface area is 122 Å². The first kappa shape index (κ1) is 12.9. The second-order valence-corrected chi connectivity index (χ2v) is 5.25. The van der Waals surface area contributed by atoms with Crippen molar-refractivity contribution >= 4 is 28.2 Å². The summed E-state index contributed by atoms with van der Waals surface area (Å²) in [7, 11) is 0. The van der Waals surface area contributed by atoms with Crippen molar-refractivity contribution in [3.63, 3.8) is 0 Å². The highest BCUT2D eigenvalue weighted by Gasteiger charge is 2.15. The molecule has 0 radical (unpaired) electrons. The van der Waals surface area contributed by atoms with E-state index >= 15 is 0 Å². The molecule has 0 heterocycles. The molecular formula is C18H13ClO. The van der Waals surface area contributed by atoms with Gasteiger partial charge < -0.3 is 0 Å². The topological polar surface area (TPSA) is 17.1 Å². The van der Waals surface area contributed by atoms with Crippen LogP contribution in [-0.2, 0) is 0 Å². The summed E-state index contributed by atoms with van der Waals surface area (Å²) in [5.41, 5.74) is 2.27. The molecule has 3 aromatic carbocycles. The minimum atomic E-state index is -0.0319. The van der Waals surface area contributed by atoms with Crippen molar-refractivity contribution in [1.29, 1.82) is 0 Å². The third-order valence-corrected chi connectivity index (χ3v) is 3.73. The van der Waals surface area contributed by atoms with E-state index in [9.17, 15) is 4.79 Å². The van der Waals surface area contributed by atoms with E-state index in [0.29, 0.717) is 16.1 Å². The van der Waals surface area contributed by atoms with E-state index in [1.54, 1.807) is 6.07 Å². The molecule has 0 N–H and O–H groups in total. The summed E-state index contributed by atoms with van der Waals surface area (Å²) in [4.78, 5) is 12.7. The summed E-state index contributed by atoms with van der Waals surface area (Å²) in [6.45, 7) is 1.95. The molecule has 98 valence electrons. The van der Waals surface area contributed by atoms with E-state index in [1.807, 2.05) is 61.5 Å². The Balaban J connectivity index is 2.20. The molecule has 0 aromatic heterocycles. The average Bonchev–Trinajstić information content (AvgIpc) is 2.48. The van der Waals surface area contributed by atoms with Crippen LogP contribution >= 0.6 is 11.6 Å². The predicted octanol–water partition coefficient (Wildman–Crippen LogP) is 5.03. The van der Waals surface area contributed by atoms with Crippen LogP contribution in [0.4, 0.5) is 0 Å². The summed E-state index contributed by atoms with van der Waals surface area (Å²) in [6.07, 6.45) is 0. The number of benzene rings is 3. The van der Waals surface area contributed by atoms with Crippen molar-refractivity contribution in [2.24, 2.45) is 0 Å². The number of hydrogen-bond donors (Lipinski definition) is 0. The van der Waals surface area contributed by atoms with E-state index in [-0.39, 0.29) is 5.78 Å². The van der Waals surface area contributed by atoms with Gasteiger partial charge in [-0.15, -0.1) is 0 Å². The Kier molecular flexibility index (Phi) is 3.29. The molecule has 0 amide bonds. The van der Waals surface area contributed by atoms with Crippen molar-refractivity contribution < 1.29 is 4.79 Å². The number of ketones is 1. The van der Waals surface area contributed by atoms with Gasteiger partial charge in [0.2, 0.25) is 0 Å². The van der Waals surface area contributed by atoms with Gasteiger partial charge in [-0.3, -0.25) is 4.79 Å². The van der Waals surface area contributed by atoms with Gasteiger partial charge in [0.05, 0.1) is 5.02 Å². The highest BCUT2D eigenvalue weighted by molar-refractivity contribution is 6.35. The zero-order valence-electron chi connectivity index (χ0n) is 11.1. The Hall–Kier alpha value is -2.12. The fourth-order valence-electron chi connectivity index (χ4n) is 2.38. The van der Waals surface area contributed by atoms with Crippen molar-refractivity contribution in [1.82, 2.24) is 0 Å². The number of fused-ring (bicyclic) bond motifs is 1. The van der Waals surface area contributed by atoms with Crippen LogP contribution in [0.2, 0.25) is 5.02 Å². The monoisotopic (exact) mass is 280 g/mol. The molecule has 0 saturated heterocycles. The number of halogens is 1. The second-order valence-electron chi connectivity index (χ2n) is 4.84. The molecule has 0 saturated carbocycles. The molecule has 1 nitrogen and oxygen atoms in total. The predicted molar refractivity (Wildman–Crippen MR) is 83.6 cm³/mol. The molecule has 2 heteroatoms. The molecule has 0 bridgehead atoms. The second kappa shape index (κ2) is 5.10. The smallest absolute Gasteiger partial charge is 0.195 e. The molecule has 0 fully saturated rings. The van der Waals surface area contributed by atoms with Crippen LogP contribution in [0.3, 0.4) is 0 Å². The van der Waals surface area contributed by atoms with Gasteiger partial charge in [-0.05, 0) is 29.8 Å². The standard InChI is InChI=1S/C18H13ClO/c1-12-9-10-17(19)16(11-12)18(20)15-8-4-6-13-5-2-3-7-14(13)15/h2-11H,1H3. The SMILES string of the molecule is Cc1ccc(Cl)c(C(=O)c2cccc3ccccc23)c1. The van der Waals surface area contributed by atoms with Gasteiger partial charge in [0.15, 0.2) is 5.78 Å². The first-order valence-electron chi connectivity index (χ1n) is 6.45. The van der Waals surface area contributed by atoms with Crippen LogP contribution in [0.25, 0.3) is 10.8 Å². The first-order valence-corrected chi connectivity index (χ1v) is 6.83. The normalized spacial score (nSPS) is 10.7. The molecule has 3 rings (SSSR count). The van der Waals surface area contributed by atoms with E-state index in [0.717, 1.165) is 16.3 Å². The van der Waals surface area contributed by atoms with Crippen molar-refractivity contribution in [3.8, 4) is 0 Å². The zero-order chi connectivity index (χ0) is 14.1. The minimum Gasteiger partial charge on any atom is -0.289 e. The fraction of sp³-hybridized carbons (Fsp3) is 0.0556. The van der Waals surface area contributed by atoms with Gasteiger partial charge in [-0.25, -0.2) is 0 Å². The van der Waals surface area contributed by atoms with E-state index in [2.05, 4.69) is 0 Å². The number of carbonyl (C=O) groups is 1. The van der Waals surface area contributed by atoms with Crippen LogP contribution in [0.1, 0.15) is 21.5 Å². The number of hydrogen-bond acceptors (Lipinski definition) is 1. The van der Waals surface area contributed by atoms with Gasteiger partial charge in [-0.1, -0.05) is 65.7 Å². The van der Waals surface area contributed by atoms with Crippen molar-refractivity contribution in [2.45, 2.75) is 6.92 Å². The van der Waals surface area contributed by atoms with Crippen LogP contribution in [-0.4, -0.2) is 5.78 Å². The third kappa shape index (κ3) is 2.21. The highest BCUT2D eigenvalue weighted by Crippen LogP contribution is 2.25. The maximum Gasteiger partial charge on any atom is 0.195 e. The average molecular weight is 281 g/mol. The zero-order valence-corrected chi connectivity index (χ0v) is 11.8. The Morgan fingerprint density at radius 2 is 1.65 bits per heavy atom. The van der Waals surface area contributed by atoms with Gasteiger partial charge in [-0.2, -0.15) is 0 Å². The molecule has 0 aliphatic rings. The lowest BCUT2D eigenvalue weighted by Crippen LogP contribution is -2.03. The van der Waals surface area contributed by atoms with Crippen LogP contribution in [0, 0.1) is 6.92 Å². The van der Waals surface area contributed by atoms with Crippen LogP contribution in [0.5, 0.6) is 0 Å². The van der Waals surface area contributed by atoms with Gasteiger partial charge in [0.25, 0.3) is 0 Å². The molecule has 3 aromatic rings. The highest BCUT2D eigenvalue weighted by atomic mass is 35.5. The molecule has 20 heavy (non-hydrogen) atoms. The molecule has 0 aliphatic heterocycles.